The molecule has 1 aliphatic carbocycles. The molecule has 1 heterocycles. The number of benzene rings is 1. The number of anilines is 1. The van der Waals surface area contributed by atoms with Gasteiger partial charge in [-0.05, 0) is 37.3 Å². The molecule has 1 aliphatic heterocycles. The Balaban J connectivity index is 1.85. The quantitative estimate of drug-likeness (QED) is 0.816. The lowest BCUT2D eigenvalue weighted by molar-refractivity contribution is -0.120. The molecule has 1 aromatic rings. The molecule has 3 nitrogen and oxygen atoms in total. The number of carbonyl (C=O) groups is 2. The predicted molar refractivity (Wildman–Crippen MR) is 74.3 cm³/mol. The molecule has 0 radical (unpaired) electrons. The first kappa shape index (κ1) is 12.4. The fourth-order valence-corrected chi connectivity index (χ4v) is 2.91. The van der Waals surface area contributed by atoms with Gasteiger partial charge in [0.2, 0.25) is 5.91 Å². The Morgan fingerprint density at radius 2 is 2.00 bits per heavy atom. The van der Waals surface area contributed by atoms with Crippen LogP contribution < -0.4 is 4.90 Å². The molecule has 0 N–H and O–H groups in total. The number of Topliss-reactive ketones (excluding diaryl/α,β-unsaturated/α-hetero) is 1. The third kappa shape index (κ3) is 2.42. The minimum atomic E-state index is 0.162. The number of carbonyl (C=O) groups excluding carboxylic acids is 2. The molecule has 100 valence electrons. The van der Waals surface area contributed by atoms with Gasteiger partial charge >= 0.3 is 0 Å². The monoisotopic (exact) mass is 257 g/mol. The van der Waals surface area contributed by atoms with Gasteiger partial charge in [-0.2, -0.15) is 0 Å². The molecule has 2 aliphatic rings. The smallest absolute Gasteiger partial charge is 0.227 e. The SMILES string of the molecule is O=C1CCCN(C(=O)CC2CCC2)c2ccccc21. The van der Waals surface area contributed by atoms with E-state index in [-0.39, 0.29) is 11.7 Å². The summed E-state index contributed by atoms with van der Waals surface area (Å²) < 4.78 is 0. The standard InChI is InChI=1S/C16H19NO2/c18-15-9-4-10-17(14-8-2-1-7-13(14)15)16(19)11-12-5-3-6-12/h1-2,7-8,12H,3-6,9-11H2. The molecule has 3 heteroatoms. The second-order valence-electron chi connectivity index (χ2n) is 5.59. The minimum Gasteiger partial charge on any atom is -0.312 e. The molecule has 0 aromatic heterocycles. The fraction of sp³-hybridized carbons (Fsp3) is 0.500. The van der Waals surface area contributed by atoms with Gasteiger partial charge in [0.25, 0.3) is 0 Å². The van der Waals surface area contributed by atoms with Crippen molar-refractivity contribution in [1.29, 1.82) is 0 Å². The van der Waals surface area contributed by atoms with E-state index < -0.39 is 0 Å². The first-order valence-electron chi connectivity index (χ1n) is 7.18. The lowest BCUT2D eigenvalue weighted by Crippen LogP contribution is -2.34. The van der Waals surface area contributed by atoms with Gasteiger partial charge in [0.15, 0.2) is 5.78 Å². The van der Waals surface area contributed by atoms with Crippen LogP contribution in [0.4, 0.5) is 5.69 Å². The van der Waals surface area contributed by atoms with Crippen molar-refractivity contribution in [2.75, 3.05) is 11.4 Å². The maximum absolute atomic E-state index is 12.4. The van der Waals surface area contributed by atoms with E-state index in [1.165, 1.54) is 19.3 Å². The summed E-state index contributed by atoms with van der Waals surface area (Å²) in [6.45, 7) is 0.675. The van der Waals surface area contributed by atoms with Crippen LogP contribution in [0.15, 0.2) is 24.3 Å². The highest BCUT2D eigenvalue weighted by atomic mass is 16.2. The van der Waals surface area contributed by atoms with Crippen LogP contribution in [0.2, 0.25) is 0 Å². The Kier molecular flexibility index (Phi) is 3.36. The molecule has 0 spiro atoms. The van der Waals surface area contributed by atoms with Crippen molar-refractivity contribution in [3.8, 4) is 0 Å². The molecule has 1 saturated carbocycles. The van der Waals surface area contributed by atoms with Gasteiger partial charge in [-0.3, -0.25) is 9.59 Å². The van der Waals surface area contributed by atoms with Crippen molar-refractivity contribution in [3.05, 3.63) is 29.8 Å². The van der Waals surface area contributed by atoms with Crippen molar-refractivity contribution in [1.82, 2.24) is 0 Å². The molecule has 19 heavy (non-hydrogen) atoms. The summed E-state index contributed by atoms with van der Waals surface area (Å²) >= 11 is 0. The highest BCUT2D eigenvalue weighted by Crippen LogP contribution is 2.32. The minimum absolute atomic E-state index is 0.162. The Hall–Kier alpha value is -1.64. The number of ketones is 1. The molecule has 1 fully saturated rings. The van der Waals surface area contributed by atoms with Gasteiger partial charge in [0.05, 0.1) is 5.69 Å². The maximum atomic E-state index is 12.4. The zero-order valence-electron chi connectivity index (χ0n) is 11.1. The number of hydrogen-bond acceptors (Lipinski definition) is 2. The van der Waals surface area contributed by atoms with Crippen LogP contribution in [0.25, 0.3) is 0 Å². The van der Waals surface area contributed by atoms with Crippen LogP contribution in [0, 0.1) is 5.92 Å². The highest BCUT2D eigenvalue weighted by Gasteiger charge is 2.28. The summed E-state index contributed by atoms with van der Waals surface area (Å²) in [6, 6.07) is 7.52. The summed E-state index contributed by atoms with van der Waals surface area (Å²) in [5.41, 5.74) is 1.52. The van der Waals surface area contributed by atoms with Crippen molar-refractivity contribution in [2.24, 2.45) is 5.92 Å². The summed E-state index contributed by atoms with van der Waals surface area (Å²) in [4.78, 5) is 26.3. The first-order valence-corrected chi connectivity index (χ1v) is 7.18. The maximum Gasteiger partial charge on any atom is 0.227 e. The topological polar surface area (TPSA) is 37.4 Å². The van der Waals surface area contributed by atoms with Crippen LogP contribution >= 0.6 is 0 Å². The van der Waals surface area contributed by atoms with Crippen molar-refractivity contribution in [3.63, 3.8) is 0 Å². The predicted octanol–water partition coefficient (Wildman–Crippen LogP) is 3.19. The number of rotatable bonds is 2. The van der Waals surface area contributed by atoms with Crippen LogP contribution in [0.1, 0.15) is 48.9 Å². The molecule has 0 atom stereocenters. The van der Waals surface area contributed by atoms with Gasteiger partial charge in [0.1, 0.15) is 0 Å². The zero-order chi connectivity index (χ0) is 13.2. The number of amides is 1. The van der Waals surface area contributed by atoms with E-state index in [2.05, 4.69) is 0 Å². The lowest BCUT2D eigenvalue weighted by Gasteiger charge is -2.29. The average Bonchev–Trinajstić information content (AvgIpc) is 2.54. The lowest BCUT2D eigenvalue weighted by atomic mass is 9.82. The molecule has 0 unspecified atom stereocenters. The Morgan fingerprint density at radius 3 is 2.74 bits per heavy atom. The van der Waals surface area contributed by atoms with Crippen LogP contribution in [-0.4, -0.2) is 18.2 Å². The summed E-state index contributed by atoms with van der Waals surface area (Å²) in [7, 11) is 0. The van der Waals surface area contributed by atoms with Gasteiger partial charge in [0, 0.05) is 24.9 Å². The van der Waals surface area contributed by atoms with Crippen LogP contribution in [0.5, 0.6) is 0 Å². The summed E-state index contributed by atoms with van der Waals surface area (Å²) in [5, 5.41) is 0. The van der Waals surface area contributed by atoms with E-state index in [0.717, 1.165) is 12.1 Å². The third-order valence-corrected chi connectivity index (χ3v) is 4.27. The Morgan fingerprint density at radius 1 is 1.21 bits per heavy atom. The van der Waals surface area contributed by atoms with Crippen molar-refractivity contribution in [2.45, 2.75) is 38.5 Å². The van der Waals surface area contributed by atoms with E-state index in [9.17, 15) is 9.59 Å². The van der Waals surface area contributed by atoms with Crippen molar-refractivity contribution >= 4 is 17.4 Å². The molecule has 3 rings (SSSR count). The fourth-order valence-electron chi connectivity index (χ4n) is 2.91. The van der Waals surface area contributed by atoms with Gasteiger partial charge in [-0.25, -0.2) is 0 Å². The first-order chi connectivity index (χ1) is 9.25. The van der Waals surface area contributed by atoms with Crippen LogP contribution in [-0.2, 0) is 4.79 Å². The van der Waals surface area contributed by atoms with E-state index in [1.54, 1.807) is 0 Å². The largest absolute Gasteiger partial charge is 0.312 e. The molecule has 1 aromatic carbocycles. The number of fused-ring (bicyclic) bond motifs is 1. The van der Waals surface area contributed by atoms with Gasteiger partial charge in [-0.1, -0.05) is 18.6 Å². The van der Waals surface area contributed by atoms with Gasteiger partial charge in [-0.15, -0.1) is 0 Å². The van der Waals surface area contributed by atoms with Crippen molar-refractivity contribution < 1.29 is 9.59 Å². The van der Waals surface area contributed by atoms with E-state index in [4.69, 9.17) is 0 Å². The van der Waals surface area contributed by atoms with E-state index in [0.29, 0.717) is 30.9 Å². The summed E-state index contributed by atoms with van der Waals surface area (Å²) in [6.07, 6.45) is 5.57. The van der Waals surface area contributed by atoms with E-state index in [1.807, 2.05) is 29.2 Å². The van der Waals surface area contributed by atoms with Gasteiger partial charge < -0.3 is 4.90 Å². The molecular formula is C16H19NO2. The molecule has 0 saturated heterocycles. The second-order valence-corrected chi connectivity index (χ2v) is 5.59. The second kappa shape index (κ2) is 5.16. The molecule has 1 amide bonds. The molecule has 0 bridgehead atoms. The molecular weight excluding hydrogens is 238 g/mol. The number of para-hydroxylation sites is 1. The van der Waals surface area contributed by atoms with Crippen LogP contribution in [0.3, 0.4) is 0 Å². The zero-order valence-corrected chi connectivity index (χ0v) is 11.1. The number of nitrogens with zero attached hydrogens (tertiary/aromatic N) is 1. The third-order valence-electron chi connectivity index (χ3n) is 4.27. The Labute approximate surface area is 113 Å². The normalized spacial score (nSPS) is 19.6. The average molecular weight is 257 g/mol. The highest BCUT2D eigenvalue weighted by molar-refractivity contribution is 6.06. The Bertz CT molecular complexity index is 505. The summed E-state index contributed by atoms with van der Waals surface area (Å²) in [5.74, 6) is 0.917. The van der Waals surface area contributed by atoms with E-state index >= 15 is 0 Å². The number of hydrogen-bond donors (Lipinski definition) is 0.